The monoisotopic (exact) mass is 469 g/mol. The van der Waals surface area contributed by atoms with Gasteiger partial charge in [0, 0.05) is 22.2 Å². The van der Waals surface area contributed by atoms with Gasteiger partial charge in [0.15, 0.2) is 0 Å². The van der Waals surface area contributed by atoms with E-state index in [1.54, 1.807) is 32.4 Å². The average Bonchev–Trinajstić information content (AvgIpc) is 3.58. The van der Waals surface area contributed by atoms with E-state index in [1.807, 2.05) is 11.3 Å². The zero-order valence-electron chi connectivity index (χ0n) is 18.6. The first kappa shape index (κ1) is 21.5. The summed E-state index contributed by atoms with van der Waals surface area (Å²) in [6.45, 7) is 2.32. The van der Waals surface area contributed by atoms with Crippen LogP contribution < -0.4 is 14.8 Å². The zero-order chi connectivity index (χ0) is 22.2. The van der Waals surface area contributed by atoms with E-state index in [1.165, 1.54) is 34.0 Å². The van der Waals surface area contributed by atoms with E-state index >= 15 is 0 Å². The first-order valence-electron chi connectivity index (χ1n) is 11.0. The van der Waals surface area contributed by atoms with Gasteiger partial charge in [-0.25, -0.2) is 9.97 Å². The zero-order valence-corrected chi connectivity index (χ0v) is 20.2. The fourth-order valence-corrected chi connectivity index (χ4v) is 6.49. The molecule has 3 aromatic rings. The van der Waals surface area contributed by atoms with Gasteiger partial charge >= 0.3 is 0 Å². The number of thiophene rings is 1. The predicted octanol–water partition coefficient (Wildman–Crippen LogP) is 5.44. The number of hydrogen-bond acceptors (Lipinski definition) is 7. The second kappa shape index (κ2) is 8.90. The van der Waals surface area contributed by atoms with Crippen molar-refractivity contribution in [1.82, 2.24) is 9.97 Å². The minimum atomic E-state index is -0.0871. The van der Waals surface area contributed by atoms with Crippen LogP contribution in [0.2, 0.25) is 0 Å². The lowest BCUT2D eigenvalue weighted by Gasteiger charge is -2.18. The minimum absolute atomic E-state index is 0.0871. The first-order valence-corrected chi connectivity index (χ1v) is 12.8. The van der Waals surface area contributed by atoms with Crippen molar-refractivity contribution in [3.05, 3.63) is 34.5 Å². The maximum atomic E-state index is 12.8. The Balaban J connectivity index is 1.38. The van der Waals surface area contributed by atoms with Crippen molar-refractivity contribution in [1.29, 1.82) is 0 Å². The number of benzene rings is 1. The molecule has 2 aromatic heterocycles. The molecule has 1 atom stereocenters. The van der Waals surface area contributed by atoms with Crippen LogP contribution in [0.5, 0.6) is 11.5 Å². The Morgan fingerprint density at radius 2 is 2.06 bits per heavy atom. The van der Waals surface area contributed by atoms with Crippen molar-refractivity contribution in [3.63, 3.8) is 0 Å². The molecule has 1 amide bonds. The lowest BCUT2D eigenvalue weighted by atomic mass is 9.89. The van der Waals surface area contributed by atoms with Gasteiger partial charge in [-0.2, -0.15) is 0 Å². The highest BCUT2D eigenvalue weighted by molar-refractivity contribution is 8.00. The van der Waals surface area contributed by atoms with Gasteiger partial charge in [0.25, 0.3) is 0 Å². The van der Waals surface area contributed by atoms with Crippen molar-refractivity contribution in [2.24, 2.45) is 5.92 Å². The van der Waals surface area contributed by atoms with Gasteiger partial charge in [-0.15, -0.1) is 11.3 Å². The molecule has 0 spiro atoms. The van der Waals surface area contributed by atoms with Crippen molar-refractivity contribution in [3.8, 4) is 11.5 Å². The van der Waals surface area contributed by atoms with Crippen LogP contribution in [-0.4, -0.2) is 35.8 Å². The lowest BCUT2D eigenvalue weighted by molar-refractivity contribution is -0.113. The number of anilines is 1. The maximum absolute atomic E-state index is 12.8. The van der Waals surface area contributed by atoms with Gasteiger partial charge in [0.1, 0.15) is 27.2 Å². The highest BCUT2D eigenvalue weighted by Gasteiger charge is 2.30. The highest BCUT2D eigenvalue weighted by Crippen LogP contribution is 2.44. The molecule has 1 N–H and O–H groups in total. The smallest absolute Gasteiger partial charge is 0.234 e. The molecular weight excluding hydrogens is 442 g/mol. The number of ether oxygens (including phenoxy) is 2. The molecule has 2 heterocycles. The van der Waals surface area contributed by atoms with Gasteiger partial charge in [0.05, 0.1) is 25.7 Å². The minimum Gasteiger partial charge on any atom is -0.497 e. The van der Waals surface area contributed by atoms with E-state index < -0.39 is 0 Å². The second-order valence-electron chi connectivity index (χ2n) is 8.60. The molecule has 1 fully saturated rings. The van der Waals surface area contributed by atoms with E-state index in [0.717, 1.165) is 41.4 Å². The van der Waals surface area contributed by atoms with Gasteiger partial charge < -0.3 is 14.8 Å². The number of fused-ring (bicyclic) bond motifs is 3. The maximum Gasteiger partial charge on any atom is 0.234 e. The fraction of sp³-hybridized carbons (Fsp3) is 0.458. The van der Waals surface area contributed by atoms with Crippen LogP contribution in [0.15, 0.2) is 23.2 Å². The van der Waals surface area contributed by atoms with E-state index in [9.17, 15) is 4.79 Å². The number of methoxy groups -OCH3 is 2. The summed E-state index contributed by atoms with van der Waals surface area (Å²) in [5, 5.41) is 5.10. The molecule has 2 aliphatic rings. The van der Waals surface area contributed by atoms with Crippen LogP contribution in [-0.2, 0) is 17.6 Å². The number of rotatable bonds is 7. The molecule has 5 rings (SSSR count). The molecule has 8 heteroatoms. The third-order valence-corrected chi connectivity index (χ3v) is 8.23. The number of aromatic nitrogens is 2. The van der Waals surface area contributed by atoms with E-state index in [0.29, 0.717) is 29.0 Å². The summed E-state index contributed by atoms with van der Waals surface area (Å²) < 4.78 is 10.6. The molecule has 6 nitrogen and oxygen atoms in total. The number of nitrogens with one attached hydrogen (secondary N) is 1. The predicted molar refractivity (Wildman–Crippen MR) is 129 cm³/mol. The van der Waals surface area contributed by atoms with E-state index in [2.05, 4.69) is 12.2 Å². The molecule has 0 aliphatic heterocycles. The van der Waals surface area contributed by atoms with Crippen LogP contribution in [0.25, 0.3) is 10.2 Å². The molecule has 0 unspecified atom stereocenters. The summed E-state index contributed by atoms with van der Waals surface area (Å²) in [6, 6.07) is 5.36. The number of carbonyl (C=O) groups is 1. The Kier molecular flexibility index (Phi) is 5.99. The number of aryl methyl sites for hydroxylation is 1. The summed E-state index contributed by atoms with van der Waals surface area (Å²) in [5.74, 6) is 3.60. The lowest BCUT2D eigenvalue weighted by Crippen LogP contribution is -2.15. The van der Waals surface area contributed by atoms with Crippen LogP contribution in [0, 0.1) is 5.92 Å². The highest BCUT2D eigenvalue weighted by atomic mass is 32.2. The molecular formula is C24H27N3O3S2. The van der Waals surface area contributed by atoms with Gasteiger partial charge in [-0.05, 0) is 55.7 Å². The van der Waals surface area contributed by atoms with Crippen LogP contribution >= 0.6 is 23.1 Å². The summed E-state index contributed by atoms with van der Waals surface area (Å²) >= 11 is 3.34. The van der Waals surface area contributed by atoms with Crippen LogP contribution in [0.4, 0.5) is 5.69 Å². The largest absolute Gasteiger partial charge is 0.497 e. The Labute approximate surface area is 196 Å². The average molecular weight is 470 g/mol. The molecule has 0 saturated heterocycles. The standard InChI is InChI=1S/C24H27N3O3S2/c1-13-4-8-16-19(10-13)32-24-21(16)23(26-22(27-24)14-5-6-14)31-12-20(28)25-17-9-7-15(29-2)11-18(17)30-3/h7,9,11,13-14H,4-6,8,10,12H2,1-3H3,(H,25,28)/t13-/m1/s1. The Hall–Kier alpha value is -2.32. The summed E-state index contributed by atoms with van der Waals surface area (Å²) in [4.78, 5) is 25.2. The summed E-state index contributed by atoms with van der Waals surface area (Å²) in [5.41, 5.74) is 2.04. The number of thioether (sulfide) groups is 1. The Morgan fingerprint density at radius 1 is 1.22 bits per heavy atom. The normalized spacial score (nSPS) is 17.8. The Bertz CT molecular complexity index is 1170. The van der Waals surface area contributed by atoms with Crippen LogP contribution in [0.3, 0.4) is 0 Å². The summed E-state index contributed by atoms with van der Waals surface area (Å²) in [6.07, 6.45) is 5.72. The topological polar surface area (TPSA) is 73.3 Å². The van der Waals surface area contributed by atoms with Gasteiger partial charge in [-0.1, -0.05) is 18.7 Å². The number of amides is 1. The fourth-order valence-electron chi connectivity index (χ4n) is 4.18. The molecule has 1 saturated carbocycles. The number of nitrogens with zero attached hydrogens (tertiary/aromatic N) is 2. The molecule has 2 aliphatic carbocycles. The second-order valence-corrected chi connectivity index (χ2v) is 10.6. The number of carbonyl (C=O) groups excluding carboxylic acids is 1. The van der Waals surface area contributed by atoms with Crippen molar-refractivity contribution < 1.29 is 14.3 Å². The molecule has 32 heavy (non-hydrogen) atoms. The first-order chi connectivity index (χ1) is 15.6. The van der Waals surface area contributed by atoms with Crippen molar-refractivity contribution >= 4 is 44.9 Å². The van der Waals surface area contributed by atoms with Gasteiger partial charge in [0.2, 0.25) is 5.91 Å². The van der Waals surface area contributed by atoms with Crippen LogP contribution in [0.1, 0.15) is 48.4 Å². The quantitative estimate of drug-likeness (QED) is 0.367. The van der Waals surface area contributed by atoms with Crippen molar-refractivity contribution in [2.45, 2.75) is 50.0 Å². The SMILES string of the molecule is COc1ccc(NC(=O)CSc2nc(C3CC3)nc3sc4c(c23)CC[C@@H](C)C4)c(OC)c1. The third-order valence-electron chi connectivity index (χ3n) is 6.10. The molecule has 0 radical (unpaired) electrons. The van der Waals surface area contributed by atoms with Crippen molar-refractivity contribution in [2.75, 3.05) is 25.3 Å². The molecule has 1 aromatic carbocycles. The number of hydrogen-bond donors (Lipinski definition) is 1. The summed E-state index contributed by atoms with van der Waals surface area (Å²) in [7, 11) is 3.18. The van der Waals surface area contributed by atoms with E-state index in [4.69, 9.17) is 19.4 Å². The third kappa shape index (κ3) is 4.30. The Morgan fingerprint density at radius 3 is 2.81 bits per heavy atom. The van der Waals surface area contributed by atoms with Gasteiger partial charge in [-0.3, -0.25) is 4.79 Å². The molecule has 168 valence electrons. The van der Waals surface area contributed by atoms with E-state index in [-0.39, 0.29) is 11.7 Å². The molecule has 0 bridgehead atoms.